The molecule has 0 amide bonds. The maximum atomic E-state index is 5.89. The maximum Gasteiger partial charge on any atom is 0.0927 e. The smallest absolute Gasteiger partial charge is 0.0927 e. The summed E-state index contributed by atoms with van der Waals surface area (Å²) in [6.45, 7) is 2.29. The Morgan fingerprint density at radius 3 is 2.35 bits per heavy atom. The summed E-state index contributed by atoms with van der Waals surface area (Å²) in [4.78, 5) is 0. The number of rotatable bonds is 4. The van der Waals surface area contributed by atoms with Crippen molar-refractivity contribution in [3.05, 3.63) is 35.9 Å². The molecule has 0 N–H and O–H groups in total. The van der Waals surface area contributed by atoms with Gasteiger partial charge in [-0.1, -0.05) is 50.1 Å². The molecular weight excluding hydrogens is 208 g/mol. The highest BCUT2D eigenvalue weighted by Crippen LogP contribution is 2.43. The number of hydrogen-bond donors (Lipinski definition) is 0. The van der Waals surface area contributed by atoms with Crippen molar-refractivity contribution in [2.24, 2.45) is 5.92 Å². The van der Waals surface area contributed by atoms with E-state index in [1.165, 1.54) is 44.1 Å². The molecule has 94 valence electrons. The second-order valence-corrected chi connectivity index (χ2v) is 5.30. The largest absolute Gasteiger partial charge is 0.374 e. The number of ether oxygens (including phenoxy) is 1. The predicted octanol–water partition coefficient (Wildman–Crippen LogP) is 4.52. The molecule has 0 heterocycles. The van der Waals surface area contributed by atoms with Gasteiger partial charge in [0.25, 0.3) is 0 Å². The molecule has 0 bridgehead atoms. The van der Waals surface area contributed by atoms with Gasteiger partial charge in [0.1, 0.15) is 0 Å². The van der Waals surface area contributed by atoms with Gasteiger partial charge in [0.15, 0.2) is 0 Å². The van der Waals surface area contributed by atoms with Gasteiger partial charge in [-0.05, 0) is 37.2 Å². The Balaban J connectivity index is 2.08. The lowest BCUT2D eigenvalue weighted by Gasteiger charge is -2.39. The van der Waals surface area contributed by atoms with Crippen LogP contribution in [0.1, 0.15) is 51.0 Å². The zero-order chi connectivity index (χ0) is 12.1. The summed E-state index contributed by atoms with van der Waals surface area (Å²) in [5, 5.41) is 0. The van der Waals surface area contributed by atoms with Crippen LogP contribution in [-0.4, -0.2) is 7.11 Å². The molecule has 0 unspecified atom stereocenters. The van der Waals surface area contributed by atoms with Gasteiger partial charge < -0.3 is 4.74 Å². The van der Waals surface area contributed by atoms with E-state index in [2.05, 4.69) is 37.3 Å². The van der Waals surface area contributed by atoms with Crippen LogP contribution in [-0.2, 0) is 10.3 Å². The highest BCUT2D eigenvalue weighted by Gasteiger charge is 2.36. The number of hydrogen-bond acceptors (Lipinski definition) is 1. The Labute approximate surface area is 105 Å². The molecule has 2 rings (SSSR count). The maximum absolute atomic E-state index is 5.89. The molecule has 0 radical (unpaired) electrons. The van der Waals surface area contributed by atoms with Crippen LogP contribution in [0.25, 0.3) is 0 Å². The normalized spacial score (nSPS) is 29.2. The third kappa shape index (κ3) is 2.71. The molecule has 1 heteroatoms. The van der Waals surface area contributed by atoms with Crippen molar-refractivity contribution in [3.8, 4) is 0 Å². The Morgan fingerprint density at radius 1 is 1.18 bits per heavy atom. The molecule has 1 aromatic carbocycles. The number of benzene rings is 1. The quantitative estimate of drug-likeness (QED) is 0.741. The lowest BCUT2D eigenvalue weighted by molar-refractivity contribution is -0.0552. The van der Waals surface area contributed by atoms with Crippen LogP contribution in [0.2, 0.25) is 0 Å². The fourth-order valence-electron chi connectivity index (χ4n) is 3.19. The summed E-state index contributed by atoms with van der Waals surface area (Å²) in [5.41, 5.74) is 1.35. The first-order chi connectivity index (χ1) is 8.30. The van der Waals surface area contributed by atoms with Gasteiger partial charge in [-0.25, -0.2) is 0 Å². The first-order valence-electron chi connectivity index (χ1n) is 6.91. The summed E-state index contributed by atoms with van der Waals surface area (Å²) in [6.07, 6.45) is 7.69. The molecule has 1 saturated carbocycles. The third-order valence-corrected chi connectivity index (χ3v) is 4.30. The fraction of sp³-hybridized carbons (Fsp3) is 0.625. The topological polar surface area (TPSA) is 9.23 Å². The van der Waals surface area contributed by atoms with Gasteiger partial charge in [-0.15, -0.1) is 0 Å². The zero-order valence-electron chi connectivity index (χ0n) is 11.1. The second-order valence-electron chi connectivity index (χ2n) is 5.30. The van der Waals surface area contributed by atoms with Crippen molar-refractivity contribution in [1.29, 1.82) is 0 Å². The summed E-state index contributed by atoms with van der Waals surface area (Å²) in [5.74, 6) is 0.923. The van der Waals surface area contributed by atoms with Crippen LogP contribution in [0.15, 0.2) is 30.3 Å². The van der Waals surface area contributed by atoms with E-state index in [1.807, 2.05) is 7.11 Å². The molecule has 0 aliphatic heterocycles. The molecule has 0 spiro atoms. The average Bonchev–Trinajstić information content (AvgIpc) is 2.41. The van der Waals surface area contributed by atoms with Gasteiger partial charge in [0.2, 0.25) is 0 Å². The van der Waals surface area contributed by atoms with Crippen LogP contribution in [0, 0.1) is 5.92 Å². The fourth-order valence-corrected chi connectivity index (χ4v) is 3.19. The van der Waals surface area contributed by atoms with Crippen LogP contribution < -0.4 is 0 Å². The Morgan fingerprint density at radius 2 is 1.82 bits per heavy atom. The highest BCUT2D eigenvalue weighted by molar-refractivity contribution is 5.23. The molecular formula is C16H24O. The molecule has 1 aliphatic rings. The lowest BCUT2D eigenvalue weighted by atomic mass is 9.74. The molecule has 0 aromatic heterocycles. The first-order valence-corrected chi connectivity index (χ1v) is 6.91. The van der Waals surface area contributed by atoms with Gasteiger partial charge in [0, 0.05) is 7.11 Å². The summed E-state index contributed by atoms with van der Waals surface area (Å²) >= 11 is 0. The van der Waals surface area contributed by atoms with Gasteiger partial charge in [-0.2, -0.15) is 0 Å². The highest BCUT2D eigenvalue weighted by atomic mass is 16.5. The van der Waals surface area contributed by atoms with E-state index in [4.69, 9.17) is 4.74 Å². The molecule has 0 atom stereocenters. The van der Waals surface area contributed by atoms with Crippen molar-refractivity contribution in [3.63, 3.8) is 0 Å². The summed E-state index contributed by atoms with van der Waals surface area (Å²) < 4.78 is 5.89. The van der Waals surface area contributed by atoms with Crippen LogP contribution in [0.4, 0.5) is 0 Å². The summed E-state index contributed by atoms with van der Waals surface area (Å²) in [6, 6.07) is 10.7. The van der Waals surface area contributed by atoms with Crippen molar-refractivity contribution < 1.29 is 4.74 Å². The van der Waals surface area contributed by atoms with E-state index in [0.717, 1.165) is 5.92 Å². The van der Waals surface area contributed by atoms with Crippen molar-refractivity contribution >= 4 is 0 Å². The monoisotopic (exact) mass is 232 g/mol. The van der Waals surface area contributed by atoms with Crippen molar-refractivity contribution in [1.82, 2.24) is 0 Å². The van der Waals surface area contributed by atoms with Crippen molar-refractivity contribution in [2.75, 3.05) is 7.11 Å². The Kier molecular flexibility index (Phi) is 4.22. The van der Waals surface area contributed by atoms with Crippen LogP contribution in [0.3, 0.4) is 0 Å². The molecule has 0 saturated heterocycles. The minimum Gasteiger partial charge on any atom is -0.374 e. The Bertz CT molecular complexity index is 323. The molecule has 1 aromatic rings. The second kappa shape index (κ2) is 5.68. The van der Waals surface area contributed by atoms with E-state index >= 15 is 0 Å². The standard InChI is InChI=1S/C16H24O/c1-3-7-14-10-12-16(17-2,13-11-14)15-8-5-4-6-9-15/h4-6,8-9,14H,3,7,10-13H2,1-2H3. The Hall–Kier alpha value is -0.820. The van der Waals surface area contributed by atoms with Gasteiger partial charge in [-0.3, -0.25) is 0 Å². The van der Waals surface area contributed by atoms with Crippen molar-refractivity contribution in [2.45, 2.75) is 51.0 Å². The van der Waals surface area contributed by atoms with E-state index in [0.29, 0.717) is 0 Å². The molecule has 1 fully saturated rings. The molecule has 1 nitrogen and oxygen atoms in total. The van der Waals surface area contributed by atoms with Crippen LogP contribution in [0.5, 0.6) is 0 Å². The summed E-state index contributed by atoms with van der Waals surface area (Å²) in [7, 11) is 1.87. The van der Waals surface area contributed by atoms with E-state index in [9.17, 15) is 0 Å². The van der Waals surface area contributed by atoms with E-state index in [1.54, 1.807) is 0 Å². The molecule has 1 aliphatic carbocycles. The minimum atomic E-state index is -0.00843. The predicted molar refractivity (Wildman–Crippen MR) is 72.0 cm³/mol. The lowest BCUT2D eigenvalue weighted by Crippen LogP contribution is -2.33. The first kappa shape index (κ1) is 12.6. The van der Waals surface area contributed by atoms with Gasteiger partial charge >= 0.3 is 0 Å². The SMILES string of the molecule is CCCC1CCC(OC)(c2ccccc2)CC1. The van der Waals surface area contributed by atoms with E-state index < -0.39 is 0 Å². The van der Waals surface area contributed by atoms with Gasteiger partial charge in [0.05, 0.1) is 5.60 Å². The van der Waals surface area contributed by atoms with Crippen LogP contribution >= 0.6 is 0 Å². The third-order valence-electron chi connectivity index (χ3n) is 4.30. The van der Waals surface area contributed by atoms with E-state index in [-0.39, 0.29) is 5.60 Å². The number of methoxy groups -OCH3 is 1. The minimum absolute atomic E-state index is 0.00843. The molecule has 17 heavy (non-hydrogen) atoms. The average molecular weight is 232 g/mol. The zero-order valence-corrected chi connectivity index (χ0v) is 11.1.